The summed E-state index contributed by atoms with van der Waals surface area (Å²) in [5.41, 5.74) is 8.93. The van der Waals surface area contributed by atoms with Gasteiger partial charge in [-0.3, -0.25) is 9.78 Å². The zero-order valence-corrected chi connectivity index (χ0v) is 11.6. The quantitative estimate of drug-likeness (QED) is 0.901. The average Bonchev–Trinajstić information content (AvgIpc) is 3.01. The maximum Gasteiger partial charge on any atom is 0.251 e. The molecule has 1 amide bonds. The number of nitrogens with one attached hydrogen (secondary N) is 1. The van der Waals surface area contributed by atoms with Crippen molar-refractivity contribution in [2.45, 2.75) is 12.5 Å². The molecule has 0 bridgehead atoms. The number of ether oxygens (including phenoxy) is 1. The number of benzene rings is 1. The number of anilines is 1. The number of nitrogens with zero attached hydrogens (tertiary/aromatic N) is 1. The van der Waals surface area contributed by atoms with Crippen molar-refractivity contribution in [3.8, 4) is 11.1 Å². The van der Waals surface area contributed by atoms with Gasteiger partial charge in [-0.2, -0.15) is 0 Å². The predicted octanol–water partition coefficient (Wildman–Crippen LogP) is 1.85. The van der Waals surface area contributed by atoms with Gasteiger partial charge < -0.3 is 15.8 Å². The molecule has 1 atom stereocenters. The molecular weight excluding hydrogens is 266 g/mol. The summed E-state index contributed by atoms with van der Waals surface area (Å²) in [4.78, 5) is 16.3. The summed E-state index contributed by atoms with van der Waals surface area (Å²) in [6.07, 6.45) is 4.22. The number of aromatic nitrogens is 1. The first-order valence-corrected chi connectivity index (χ1v) is 6.92. The third kappa shape index (κ3) is 3.03. The Labute approximate surface area is 123 Å². The number of amides is 1. The Morgan fingerprint density at radius 1 is 1.38 bits per heavy atom. The highest BCUT2D eigenvalue weighted by Crippen LogP contribution is 2.25. The van der Waals surface area contributed by atoms with Gasteiger partial charge in [0.15, 0.2) is 0 Å². The maximum absolute atomic E-state index is 12.3. The number of nitrogen functional groups attached to an aromatic ring is 1. The van der Waals surface area contributed by atoms with Gasteiger partial charge in [0.2, 0.25) is 0 Å². The molecule has 2 heterocycles. The summed E-state index contributed by atoms with van der Waals surface area (Å²) in [6, 6.07) is 9.24. The minimum absolute atomic E-state index is 0.0881. The fraction of sp³-hybridized carbons (Fsp3) is 0.250. The number of nitrogens with two attached hydrogens (primary N) is 1. The molecule has 0 aliphatic carbocycles. The van der Waals surface area contributed by atoms with Crippen LogP contribution in [0.15, 0.2) is 42.7 Å². The molecule has 1 aromatic carbocycles. The molecular formula is C16H17N3O2. The first-order valence-electron chi connectivity index (χ1n) is 6.92. The van der Waals surface area contributed by atoms with Crippen LogP contribution in [0.25, 0.3) is 11.1 Å². The summed E-state index contributed by atoms with van der Waals surface area (Å²) >= 11 is 0. The van der Waals surface area contributed by atoms with E-state index < -0.39 is 0 Å². The molecule has 3 N–H and O–H groups in total. The van der Waals surface area contributed by atoms with Crippen LogP contribution in [0, 0.1) is 0 Å². The Balaban J connectivity index is 1.83. The van der Waals surface area contributed by atoms with Crippen LogP contribution in [0.5, 0.6) is 0 Å². The topological polar surface area (TPSA) is 77.2 Å². The SMILES string of the molecule is Nc1ccncc1-c1cccc(C(=O)NC2CCOC2)c1. The highest BCUT2D eigenvalue weighted by Gasteiger charge is 2.18. The molecule has 108 valence electrons. The standard InChI is InChI=1S/C16H17N3O2/c17-15-4-6-18-9-14(15)11-2-1-3-12(8-11)16(20)19-13-5-7-21-10-13/h1-4,6,8-9,13H,5,7,10H2,(H2,17,18)(H,19,20). The molecule has 1 unspecified atom stereocenters. The van der Waals surface area contributed by atoms with E-state index in [1.807, 2.05) is 18.2 Å². The van der Waals surface area contributed by atoms with Crippen molar-refractivity contribution in [3.05, 3.63) is 48.3 Å². The lowest BCUT2D eigenvalue weighted by atomic mass is 10.0. The second-order valence-electron chi connectivity index (χ2n) is 5.08. The molecule has 3 rings (SSSR count). The highest BCUT2D eigenvalue weighted by atomic mass is 16.5. The van der Waals surface area contributed by atoms with E-state index in [-0.39, 0.29) is 11.9 Å². The van der Waals surface area contributed by atoms with Crippen molar-refractivity contribution < 1.29 is 9.53 Å². The molecule has 21 heavy (non-hydrogen) atoms. The smallest absolute Gasteiger partial charge is 0.251 e. The molecule has 1 saturated heterocycles. The Bertz CT molecular complexity index is 651. The minimum Gasteiger partial charge on any atom is -0.398 e. The Hall–Kier alpha value is -2.40. The molecule has 1 aliphatic heterocycles. The Kier molecular flexibility index (Phi) is 3.83. The number of carbonyl (C=O) groups excluding carboxylic acids is 1. The molecule has 1 aliphatic rings. The summed E-state index contributed by atoms with van der Waals surface area (Å²) in [5.74, 6) is -0.0881. The summed E-state index contributed by atoms with van der Waals surface area (Å²) in [7, 11) is 0. The number of hydrogen-bond acceptors (Lipinski definition) is 4. The Morgan fingerprint density at radius 3 is 3.05 bits per heavy atom. The van der Waals surface area contributed by atoms with E-state index in [4.69, 9.17) is 10.5 Å². The molecule has 2 aromatic rings. The van der Waals surface area contributed by atoms with Gasteiger partial charge in [0.1, 0.15) is 0 Å². The third-order valence-electron chi connectivity index (χ3n) is 3.56. The average molecular weight is 283 g/mol. The van der Waals surface area contributed by atoms with Gasteiger partial charge in [0.25, 0.3) is 5.91 Å². The first-order chi connectivity index (χ1) is 10.2. The van der Waals surface area contributed by atoms with Gasteiger partial charge in [-0.1, -0.05) is 12.1 Å². The minimum atomic E-state index is -0.0881. The van der Waals surface area contributed by atoms with Crippen LogP contribution in [-0.4, -0.2) is 30.1 Å². The van der Waals surface area contributed by atoms with Crippen molar-refractivity contribution in [1.29, 1.82) is 0 Å². The summed E-state index contributed by atoms with van der Waals surface area (Å²) < 4.78 is 5.26. The predicted molar refractivity (Wildman–Crippen MR) is 80.8 cm³/mol. The number of carbonyl (C=O) groups is 1. The fourth-order valence-corrected chi connectivity index (χ4v) is 2.39. The van der Waals surface area contributed by atoms with Crippen molar-refractivity contribution >= 4 is 11.6 Å². The van der Waals surface area contributed by atoms with Gasteiger partial charge in [-0.25, -0.2) is 0 Å². The lowest BCUT2D eigenvalue weighted by Crippen LogP contribution is -2.34. The van der Waals surface area contributed by atoms with Crippen molar-refractivity contribution in [1.82, 2.24) is 10.3 Å². The molecule has 1 aromatic heterocycles. The van der Waals surface area contributed by atoms with E-state index in [0.717, 1.165) is 17.5 Å². The largest absolute Gasteiger partial charge is 0.398 e. The van der Waals surface area contributed by atoms with Crippen LogP contribution in [0.1, 0.15) is 16.8 Å². The molecule has 0 saturated carbocycles. The Morgan fingerprint density at radius 2 is 2.29 bits per heavy atom. The van der Waals surface area contributed by atoms with Crippen LogP contribution in [-0.2, 0) is 4.74 Å². The fourth-order valence-electron chi connectivity index (χ4n) is 2.39. The molecule has 0 spiro atoms. The lowest BCUT2D eigenvalue weighted by Gasteiger charge is -2.12. The van der Waals surface area contributed by atoms with E-state index >= 15 is 0 Å². The zero-order valence-electron chi connectivity index (χ0n) is 11.6. The highest BCUT2D eigenvalue weighted by molar-refractivity contribution is 5.96. The van der Waals surface area contributed by atoms with Gasteiger partial charge in [0, 0.05) is 35.8 Å². The van der Waals surface area contributed by atoms with E-state index in [1.54, 1.807) is 24.5 Å². The van der Waals surface area contributed by atoms with Crippen LogP contribution < -0.4 is 11.1 Å². The first kappa shape index (κ1) is 13.6. The van der Waals surface area contributed by atoms with E-state index in [9.17, 15) is 4.79 Å². The second kappa shape index (κ2) is 5.93. The maximum atomic E-state index is 12.3. The zero-order chi connectivity index (χ0) is 14.7. The van der Waals surface area contributed by atoms with Crippen molar-refractivity contribution in [2.75, 3.05) is 18.9 Å². The van der Waals surface area contributed by atoms with Crippen molar-refractivity contribution in [3.63, 3.8) is 0 Å². The summed E-state index contributed by atoms with van der Waals surface area (Å²) in [5, 5.41) is 2.98. The van der Waals surface area contributed by atoms with Crippen LogP contribution in [0.2, 0.25) is 0 Å². The third-order valence-corrected chi connectivity index (χ3v) is 3.56. The van der Waals surface area contributed by atoms with E-state index in [1.165, 1.54) is 0 Å². The van der Waals surface area contributed by atoms with Gasteiger partial charge in [-0.15, -0.1) is 0 Å². The molecule has 0 radical (unpaired) electrons. The molecule has 1 fully saturated rings. The summed E-state index contributed by atoms with van der Waals surface area (Å²) in [6.45, 7) is 1.29. The van der Waals surface area contributed by atoms with Crippen LogP contribution in [0.4, 0.5) is 5.69 Å². The molecule has 5 nitrogen and oxygen atoms in total. The van der Waals surface area contributed by atoms with Gasteiger partial charge in [0.05, 0.1) is 12.6 Å². The van der Waals surface area contributed by atoms with Crippen molar-refractivity contribution in [2.24, 2.45) is 0 Å². The normalized spacial score (nSPS) is 17.6. The van der Waals surface area contributed by atoms with Crippen LogP contribution >= 0.6 is 0 Å². The number of pyridine rings is 1. The van der Waals surface area contributed by atoms with Gasteiger partial charge in [-0.05, 0) is 30.2 Å². The van der Waals surface area contributed by atoms with E-state index in [0.29, 0.717) is 24.5 Å². The number of rotatable bonds is 3. The van der Waals surface area contributed by atoms with E-state index in [2.05, 4.69) is 10.3 Å². The van der Waals surface area contributed by atoms with Gasteiger partial charge >= 0.3 is 0 Å². The monoisotopic (exact) mass is 283 g/mol. The van der Waals surface area contributed by atoms with Crippen LogP contribution in [0.3, 0.4) is 0 Å². The lowest BCUT2D eigenvalue weighted by molar-refractivity contribution is 0.0930. The number of hydrogen-bond donors (Lipinski definition) is 2. The molecule has 5 heteroatoms. The second-order valence-corrected chi connectivity index (χ2v) is 5.08.